The third-order valence-corrected chi connectivity index (χ3v) is 14.8. The number of nitrogens with zero attached hydrogens (tertiary/aromatic N) is 5. The van der Waals surface area contributed by atoms with Crippen LogP contribution in [0.25, 0.3) is 149 Å². The highest BCUT2D eigenvalue weighted by atomic mass is 15.0. The first-order valence-corrected chi connectivity index (χ1v) is 24.8. The fraction of sp³-hybridized carbons (Fsp3) is 0. The molecule has 0 aliphatic heterocycles. The molecule has 3 heterocycles. The van der Waals surface area contributed by atoms with Gasteiger partial charge in [0.05, 0.1) is 22.2 Å². The molecule has 338 valence electrons. The van der Waals surface area contributed by atoms with E-state index in [1.165, 1.54) is 48.7 Å². The Bertz CT molecular complexity index is 4570. The summed E-state index contributed by atoms with van der Waals surface area (Å²) in [5, 5.41) is 15.2. The van der Waals surface area contributed by atoms with E-state index in [-0.39, 0.29) is 0 Å². The summed E-state index contributed by atoms with van der Waals surface area (Å²) in [7, 11) is 0. The Balaban J connectivity index is 0.852. The predicted octanol–water partition coefficient (Wildman–Crippen LogP) is 17.6. The maximum atomic E-state index is 5.37. The van der Waals surface area contributed by atoms with Crippen LogP contribution in [0.4, 0.5) is 0 Å². The molecule has 15 rings (SSSR count). The maximum Gasteiger partial charge on any atom is 0.164 e. The molecule has 0 spiro atoms. The second-order valence-electron chi connectivity index (χ2n) is 18.9. The fourth-order valence-corrected chi connectivity index (χ4v) is 11.4. The van der Waals surface area contributed by atoms with Gasteiger partial charge < -0.3 is 4.57 Å². The number of hydrogen-bond acceptors (Lipinski definition) is 4. The Labute approximate surface area is 420 Å². The predicted molar refractivity (Wildman–Crippen MR) is 304 cm³/mol. The first-order chi connectivity index (χ1) is 36.2. The van der Waals surface area contributed by atoms with Crippen LogP contribution in [0.2, 0.25) is 0 Å². The van der Waals surface area contributed by atoms with E-state index in [0.717, 1.165) is 82.6 Å². The Morgan fingerprint density at radius 1 is 0.260 bits per heavy atom. The van der Waals surface area contributed by atoms with E-state index < -0.39 is 0 Å². The van der Waals surface area contributed by atoms with E-state index in [1.54, 1.807) is 0 Å². The molecule has 73 heavy (non-hydrogen) atoms. The lowest BCUT2D eigenvalue weighted by molar-refractivity contribution is 1.08. The van der Waals surface area contributed by atoms with Crippen molar-refractivity contribution in [2.75, 3.05) is 0 Å². The third kappa shape index (κ3) is 6.56. The van der Waals surface area contributed by atoms with Crippen LogP contribution in [0, 0.1) is 0 Å². The monoisotopic (exact) mass is 927 g/mol. The van der Waals surface area contributed by atoms with Crippen molar-refractivity contribution in [3.05, 3.63) is 249 Å². The van der Waals surface area contributed by atoms with E-state index >= 15 is 0 Å². The van der Waals surface area contributed by atoms with Gasteiger partial charge in [-0.15, -0.1) is 0 Å². The molecule has 0 atom stereocenters. The van der Waals surface area contributed by atoms with Crippen LogP contribution in [-0.4, -0.2) is 24.5 Å². The second-order valence-corrected chi connectivity index (χ2v) is 18.9. The van der Waals surface area contributed by atoms with E-state index in [4.69, 9.17) is 19.9 Å². The van der Waals surface area contributed by atoms with Crippen molar-refractivity contribution in [3.63, 3.8) is 0 Å². The minimum Gasteiger partial charge on any atom is -0.309 e. The first kappa shape index (κ1) is 41.0. The number of pyridine rings is 1. The Morgan fingerprint density at radius 2 is 0.726 bits per heavy atom. The van der Waals surface area contributed by atoms with E-state index in [0.29, 0.717) is 17.5 Å². The number of hydrogen-bond donors (Lipinski definition) is 0. The van der Waals surface area contributed by atoms with Gasteiger partial charge in [0.2, 0.25) is 0 Å². The zero-order chi connectivity index (χ0) is 48.0. The molecule has 0 unspecified atom stereocenters. The lowest BCUT2D eigenvalue weighted by Crippen LogP contribution is -2.01. The van der Waals surface area contributed by atoms with Crippen molar-refractivity contribution in [1.82, 2.24) is 24.5 Å². The molecule has 0 fully saturated rings. The lowest BCUT2D eigenvalue weighted by Gasteiger charge is -2.14. The second kappa shape index (κ2) is 16.4. The van der Waals surface area contributed by atoms with Gasteiger partial charge in [-0.2, -0.15) is 0 Å². The lowest BCUT2D eigenvalue weighted by atomic mass is 9.95. The minimum absolute atomic E-state index is 0.617. The normalized spacial score (nSPS) is 11.8. The molecule has 0 radical (unpaired) electrons. The van der Waals surface area contributed by atoms with Crippen LogP contribution in [-0.2, 0) is 0 Å². The summed E-state index contributed by atoms with van der Waals surface area (Å²) in [4.78, 5) is 21.4. The average molecular weight is 928 g/mol. The molecular formula is C68H41N5. The van der Waals surface area contributed by atoms with Gasteiger partial charge >= 0.3 is 0 Å². The molecule has 15 aromatic rings. The van der Waals surface area contributed by atoms with Crippen molar-refractivity contribution in [3.8, 4) is 62.2 Å². The van der Waals surface area contributed by atoms with E-state index in [9.17, 15) is 0 Å². The van der Waals surface area contributed by atoms with Gasteiger partial charge in [-0.05, 0) is 96.7 Å². The van der Waals surface area contributed by atoms with Crippen LogP contribution in [0.15, 0.2) is 249 Å². The summed E-state index contributed by atoms with van der Waals surface area (Å²) in [5.41, 5.74) is 11.6. The highest BCUT2D eigenvalue weighted by Crippen LogP contribution is 2.43. The molecule has 0 saturated carbocycles. The molecule has 5 nitrogen and oxygen atoms in total. The average Bonchev–Trinajstić information content (AvgIpc) is 3.83. The molecule has 0 saturated heterocycles. The van der Waals surface area contributed by atoms with Crippen molar-refractivity contribution in [2.45, 2.75) is 0 Å². The van der Waals surface area contributed by atoms with Crippen molar-refractivity contribution in [2.24, 2.45) is 0 Å². The van der Waals surface area contributed by atoms with Crippen LogP contribution >= 0.6 is 0 Å². The summed E-state index contributed by atoms with van der Waals surface area (Å²) in [6, 6.07) is 88.6. The molecule has 0 amide bonds. The zero-order valence-corrected chi connectivity index (χ0v) is 39.4. The molecule has 12 aromatic carbocycles. The molecule has 5 heteroatoms. The van der Waals surface area contributed by atoms with Crippen LogP contribution in [0.5, 0.6) is 0 Å². The van der Waals surface area contributed by atoms with Gasteiger partial charge in [0.25, 0.3) is 0 Å². The standard InChI is InChI=1S/C68H41N5/c1-2-18-48(19-3-1)73-61-29-15-13-27-56(61)64-62(73)39-38-57-63(64)55-26-12-14-28-60(55)69-65(57)44-34-30-42(31-35-44)43-32-36-45(37-33-43)66-70-67(58-40-46-16-4-6-20-49(46)51-22-8-10-24-53(51)58)72-68(71-66)59-41-47-17-5-7-21-50(47)52-23-9-11-25-54(52)59/h1-41H. The summed E-state index contributed by atoms with van der Waals surface area (Å²) < 4.78 is 2.39. The molecule has 3 aromatic heterocycles. The first-order valence-electron chi connectivity index (χ1n) is 24.8. The Kier molecular flexibility index (Phi) is 9.19. The number of para-hydroxylation sites is 3. The molecule has 0 aliphatic rings. The van der Waals surface area contributed by atoms with Gasteiger partial charge in [0, 0.05) is 54.9 Å². The summed E-state index contributed by atoms with van der Waals surface area (Å²) >= 11 is 0. The largest absolute Gasteiger partial charge is 0.309 e. The molecule has 0 bridgehead atoms. The molecule has 0 N–H and O–H groups in total. The van der Waals surface area contributed by atoms with Gasteiger partial charge in [-0.3, -0.25) is 0 Å². The van der Waals surface area contributed by atoms with Crippen LogP contribution in [0.1, 0.15) is 0 Å². The molecular weight excluding hydrogens is 887 g/mol. The van der Waals surface area contributed by atoms with E-state index in [1.807, 2.05) is 0 Å². The van der Waals surface area contributed by atoms with Gasteiger partial charge in [-0.25, -0.2) is 19.9 Å². The van der Waals surface area contributed by atoms with Gasteiger partial charge in [-0.1, -0.05) is 206 Å². The maximum absolute atomic E-state index is 5.37. The van der Waals surface area contributed by atoms with Gasteiger partial charge in [0.1, 0.15) is 0 Å². The topological polar surface area (TPSA) is 56.5 Å². The minimum atomic E-state index is 0.617. The zero-order valence-electron chi connectivity index (χ0n) is 39.4. The summed E-state index contributed by atoms with van der Waals surface area (Å²) in [6.45, 7) is 0. The number of benzene rings is 12. The van der Waals surface area contributed by atoms with Crippen molar-refractivity contribution in [1.29, 1.82) is 0 Å². The number of aromatic nitrogens is 5. The Hall–Kier alpha value is -9.84. The van der Waals surface area contributed by atoms with Gasteiger partial charge in [0.15, 0.2) is 17.5 Å². The molecule has 0 aliphatic carbocycles. The number of fused-ring (bicyclic) bond motifs is 13. The highest BCUT2D eigenvalue weighted by Gasteiger charge is 2.21. The van der Waals surface area contributed by atoms with Crippen molar-refractivity contribution < 1.29 is 0 Å². The smallest absolute Gasteiger partial charge is 0.164 e. The number of rotatable bonds is 6. The van der Waals surface area contributed by atoms with Crippen molar-refractivity contribution >= 4 is 86.6 Å². The van der Waals surface area contributed by atoms with Crippen LogP contribution in [0.3, 0.4) is 0 Å². The summed E-state index contributed by atoms with van der Waals surface area (Å²) in [6.07, 6.45) is 0. The quantitative estimate of drug-likeness (QED) is 0.156. The fourth-order valence-electron chi connectivity index (χ4n) is 11.4. The highest BCUT2D eigenvalue weighted by molar-refractivity contribution is 6.29. The SMILES string of the molecule is c1ccc(-n2c3ccccc3c3c4c(ccc32)c(-c2ccc(-c3ccc(-c5nc(-c6cc7ccccc7c7ccccc67)nc(-c6cc7ccccc7c7ccccc67)n5)cc3)cc2)nc2ccccc24)cc1. The summed E-state index contributed by atoms with van der Waals surface area (Å²) in [5.74, 6) is 1.89. The van der Waals surface area contributed by atoms with E-state index in [2.05, 4.69) is 253 Å². The Morgan fingerprint density at radius 3 is 1.34 bits per heavy atom. The van der Waals surface area contributed by atoms with Crippen LogP contribution < -0.4 is 0 Å². The third-order valence-electron chi connectivity index (χ3n) is 14.8.